The lowest BCUT2D eigenvalue weighted by Crippen LogP contribution is -2.45. The van der Waals surface area contributed by atoms with Crippen LogP contribution < -0.4 is 15.4 Å². The van der Waals surface area contributed by atoms with Crippen LogP contribution in [0.15, 0.2) is 23.2 Å². The predicted molar refractivity (Wildman–Crippen MR) is 98.6 cm³/mol. The molecule has 0 heterocycles. The number of rotatable bonds is 5. The van der Waals surface area contributed by atoms with Crippen LogP contribution in [0.2, 0.25) is 0 Å². The molecule has 1 aromatic carbocycles. The molecule has 0 spiro atoms. The van der Waals surface area contributed by atoms with Gasteiger partial charge in [0.2, 0.25) is 0 Å². The van der Waals surface area contributed by atoms with E-state index < -0.39 is 0 Å². The molecule has 134 valence electrons. The summed E-state index contributed by atoms with van der Waals surface area (Å²) in [6, 6.07) is 5.68. The number of nitrogens with zero attached hydrogens (tertiary/aromatic N) is 1. The lowest BCUT2D eigenvalue weighted by Gasteiger charge is -2.35. The molecule has 0 aliphatic heterocycles. The smallest absolute Gasteiger partial charge is 0.191 e. The van der Waals surface area contributed by atoms with Crippen molar-refractivity contribution in [3.8, 4) is 11.5 Å². The van der Waals surface area contributed by atoms with Gasteiger partial charge in [-0.05, 0) is 56.2 Å². The first kappa shape index (κ1) is 18.4. The summed E-state index contributed by atoms with van der Waals surface area (Å²) in [4.78, 5) is 4.63. The minimum Gasteiger partial charge on any atom is -0.508 e. The fourth-order valence-corrected chi connectivity index (χ4v) is 3.04. The number of aromatic hydroxyl groups is 1. The first-order valence-electron chi connectivity index (χ1n) is 8.84. The summed E-state index contributed by atoms with van der Waals surface area (Å²) in [7, 11) is 1.62. The van der Waals surface area contributed by atoms with E-state index in [4.69, 9.17) is 4.74 Å². The minimum atomic E-state index is 0.245. The van der Waals surface area contributed by atoms with Crippen LogP contribution in [0.4, 0.5) is 0 Å². The van der Waals surface area contributed by atoms with Gasteiger partial charge in [-0.3, -0.25) is 0 Å². The highest BCUT2D eigenvalue weighted by Crippen LogP contribution is 2.35. The standard InChI is InChI=1S/C19H31N3O2/c1-5-20-18(22-15-8-10-19(2,3)11-9-15)21-13-14-12-16(24-4)6-7-17(14)23/h6-7,12,15,23H,5,8-11,13H2,1-4H3,(H2,20,21,22). The maximum absolute atomic E-state index is 9.99. The largest absolute Gasteiger partial charge is 0.508 e. The van der Waals surface area contributed by atoms with E-state index in [1.54, 1.807) is 19.2 Å². The van der Waals surface area contributed by atoms with E-state index >= 15 is 0 Å². The lowest BCUT2D eigenvalue weighted by atomic mass is 9.75. The molecule has 1 saturated carbocycles. The van der Waals surface area contributed by atoms with Crippen molar-refractivity contribution in [2.45, 2.75) is 59.0 Å². The molecule has 0 saturated heterocycles. The normalized spacial score (nSPS) is 18.2. The maximum atomic E-state index is 9.99. The van der Waals surface area contributed by atoms with Crippen molar-refractivity contribution in [2.24, 2.45) is 10.4 Å². The van der Waals surface area contributed by atoms with Crippen molar-refractivity contribution in [3.63, 3.8) is 0 Å². The Balaban J connectivity index is 2.00. The van der Waals surface area contributed by atoms with E-state index in [9.17, 15) is 5.11 Å². The van der Waals surface area contributed by atoms with E-state index in [0.29, 0.717) is 18.0 Å². The highest BCUT2D eigenvalue weighted by atomic mass is 16.5. The molecule has 5 nitrogen and oxygen atoms in total. The molecular weight excluding hydrogens is 302 g/mol. The molecule has 2 rings (SSSR count). The third-order valence-electron chi connectivity index (χ3n) is 4.72. The Morgan fingerprint density at radius 3 is 2.67 bits per heavy atom. The lowest BCUT2D eigenvalue weighted by molar-refractivity contribution is 0.216. The van der Waals surface area contributed by atoms with Crippen molar-refractivity contribution < 1.29 is 9.84 Å². The van der Waals surface area contributed by atoms with Crippen LogP contribution in [0.5, 0.6) is 11.5 Å². The number of guanidine groups is 1. The zero-order valence-corrected chi connectivity index (χ0v) is 15.4. The number of nitrogens with one attached hydrogen (secondary N) is 2. The van der Waals surface area contributed by atoms with Crippen LogP contribution in [0.3, 0.4) is 0 Å². The summed E-state index contributed by atoms with van der Waals surface area (Å²) >= 11 is 0. The summed E-state index contributed by atoms with van der Waals surface area (Å²) < 4.78 is 5.21. The number of phenols is 1. The predicted octanol–water partition coefficient (Wildman–Crippen LogP) is 3.42. The van der Waals surface area contributed by atoms with Gasteiger partial charge in [0.1, 0.15) is 11.5 Å². The quantitative estimate of drug-likeness (QED) is 0.570. The summed E-state index contributed by atoms with van der Waals surface area (Å²) in [6.45, 7) is 7.97. The minimum absolute atomic E-state index is 0.245. The monoisotopic (exact) mass is 333 g/mol. The molecule has 24 heavy (non-hydrogen) atoms. The molecule has 0 amide bonds. The van der Waals surface area contributed by atoms with Crippen molar-refractivity contribution in [1.29, 1.82) is 0 Å². The van der Waals surface area contributed by atoms with Gasteiger partial charge in [-0.2, -0.15) is 0 Å². The average molecular weight is 333 g/mol. The number of methoxy groups -OCH3 is 1. The molecule has 0 unspecified atom stereocenters. The molecule has 0 bridgehead atoms. The van der Waals surface area contributed by atoms with E-state index in [1.807, 2.05) is 6.07 Å². The van der Waals surface area contributed by atoms with Crippen molar-refractivity contribution in [2.75, 3.05) is 13.7 Å². The summed E-state index contributed by atoms with van der Waals surface area (Å²) in [5.74, 6) is 1.78. The molecule has 1 aliphatic carbocycles. The molecule has 1 aliphatic rings. The first-order chi connectivity index (χ1) is 11.4. The molecule has 1 aromatic rings. The van der Waals surface area contributed by atoms with Crippen LogP contribution in [0.1, 0.15) is 52.0 Å². The van der Waals surface area contributed by atoms with E-state index in [1.165, 1.54) is 25.7 Å². The van der Waals surface area contributed by atoms with Crippen LogP contribution in [-0.2, 0) is 6.54 Å². The Morgan fingerprint density at radius 2 is 2.04 bits per heavy atom. The van der Waals surface area contributed by atoms with E-state index in [2.05, 4.69) is 36.4 Å². The van der Waals surface area contributed by atoms with Gasteiger partial charge in [-0.1, -0.05) is 13.8 Å². The summed E-state index contributed by atoms with van der Waals surface area (Å²) in [6.07, 6.45) is 4.81. The SMILES string of the molecule is CCNC(=NCc1cc(OC)ccc1O)NC1CCC(C)(C)CC1. The van der Waals surface area contributed by atoms with Gasteiger partial charge < -0.3 is 20.5 Å². The van der Waals surface area contributed by atoms with Gasteiger partial charge >= 0.3 is 0 Å². The number of aliphatic imine (C=N–C) groups is 1. The second-order valence-electron chi connectivity index (χ2n) is 7.27. The van der Waals surface area contributed by atoms with Gasteiger partial charge in [0, 0.05) is 18.2 Å². The number of hydrogen-bond donors (Lipinski definition) is 3. The Kier molecular flexibility index (Phi) is 6.35. The second kappa shape index (κ2) is 8.27. The highest BCUT2D eigenvalue weighted by molar-refractivity contribution is 5.80. The third-order valence-corrected chi connectivity index (χ3v) is 4.72. The second-order valence-corrected chi connectivity index (χ2v) is 7.27. The number of hydrogen-bond acceptors (Lipinski definition) is 3. The number of phenolic OH excluding ortho intramolecular Hbond substituents is 1. The van der Waals surface area contributed by atoms with Gasteiger partial charge in [0.15, 0.2) is 5.96 Å². The Labute approximate surface area is 145 Å². The van der Waals surface area contributed by atoms with Crippen molar-refractivity contribution in [1.82, 2.24) is 10.6 Å². The number of ether oxygens (including phenoxy) is 1. The van der Waals surface area contributed by atoms with Crippen molar-refractivity contribution >= 4 is 5.96 Å². The Hall–Kier alpha value is -1.91. The fraction of sp³-hybridized carbons (Fsp3) is 0.632. The average Bonchev–Trinajstić information content (AvgIpc) is 2.56. The zero-order valence-electron chi connectivity index (χ0n) is 15.4. The molecular formula is C19H31N3O2. The Morgan fingerprint density at radius 1 is 1.33 bits per heavy atom. The number of benzene rings is 1. The van der Waals surface area contributed by atoms with Crippen molar-refractivity contribution in [3.05, 3.63) is 23.8 Å². The van der Waals surface area contributed by atoms with Gasteiger partial charge in [0.05, 0.1) is 13.7 Å². The Bertz CT molecular complexity index is 560. The maximum Gasteiger partial charge on any atom is 0.191 e. The van der Waals surface area contributed by atoms with Crippen LogP contribution in [0.25, 0.3) is 0 Å². The molecule has 0 radical (unpaired) electrons. The molecule has 5 heteroatoms. The van der Waals surface area contributed by atoms with Crippen LogP contribution >= 0.6 is 0 Å². The summed E-state index contributed by atoms with van der Waals surface area (Å²) in [5.41, 5.74) is 1.22. The van der Waals surface area contributed by atoms with E-state index in [-0.39, 0.29) is 5.75 Å². The fourth-order valence-electron chi connectivity index (χ4n) is 3.04. The molecule has 1 fully saturated rings. The molecule has 0 atom stereocenters. The first-order valence-corrected chi connectivity index (χ1v) is 8.84. The van der Waals surface area contributed by atoms with Gasteiger partial charge in [-0.25, -0.2) is 4.99 Å². The highest BCUT2D eigenvalue weighted by Gasteiger charge is 2.27. The van der Waals surface area contributed by atoms with E-state index in [0.717, 1.165) is 23.8 Å². The van der Waals surface area contributed by atoms with Crippen LogP contribution in [0, 0.1) is 5.41 Å². The molecule has 0 aromatic heterocycles. The third kappa shape index (κ3) is 5.32. The molecule has 3 N–H and O–H groups in total. The van der Waals surface area contributed by atoms with Crippen LogP contribution in [-0.4, -0.2) is 30.8 Å². The van der Waals surface area contributed by atoms with Gasteiger partial charge in [0.25, 0.3) is 0 Å². The zero-order chi connectivity index (χ0) is 17.6. The van der Waals surface area contributed by atoms with Gasteiger partial charge in [-0.15, -0.1) is 0 Å². The summed E-state index contributed by atoms with van der Waals surface area (Å²) in [5, 5.41) is 16.8. The topological polar surface area (TPSA) is 65.9 Å².